The SMILES string of the molecule is Cc1cccc(-c2c(NC(=O)Nc3c(C(C)C)cccc3C(C)C)c(=O)n(C)c3ncccc23)c1. The molecule has 4 rings (SSSR count). The molecule has 2 amide bonds. The van der Waals surface area contributed by atoms with Crippen molar-refractivity contribution in [1.82, 2.24) is 9.55 Å². The molecule has 2 aromatic heterocycles. The first kappa shape index (κ1) is 24.2. The summed E-state index contributed by atoms with van der Waals surface area (Å²) in [7, 11) is 1.67. The van der Waals surface area contributed by atoms with Gasteiger partial charge in [-0.1, -0.05) is 75.7 Å². The number of urea groups is 1. The fourth-order valence-corrected chi connectivity index (χ4v) is 4.53. The lowest BCUT2D eigenvalue weighted by Gasteiger charge is -2.21. The van der Waals surface area contributed by atoms with Crippen molar-refractivity contribution in [2.24, 2.45) is 7.05 Å². The van der Waals surface area contributed by atoms with Gasteiger partial charge in [0.15, 0.2) is 0 Å². The molecule has 0 atom stereocenters. The number of hydrogen-bond acceptors (Lipinski definition) is 3. The summed E-state index contributed by atoms with van der Waals surface area (Å²) in [5, 5.41) is 6.75. The average molecular weight is 469 g/mol. The number of anilines is 2. The van der Waals surface area contributed by atoms with Gasteiger partial charge in [-0.2, -0.15) is 0 Å². The number of nitrogens with one attached hydrogen (secondary N) is 2. The minimum atomic E-state index is -0.450. The van der Waals surface area contributed by atoms with Crippen molar-refractivity contribution in [2.75, 3.05) is 10.6 Å². The molecule has 2 N–H and O–H groups in total. The fraction of sp³-hybridized carbons (Fsp3) is 0.276. The normalized spacial score (nSPS) is 11.3. The Hall–Kier alpha value is -3.93. The summed E-state index contributed by atoms with van der Waals surface area (Å²) in [6.45, 7) is 10.4. The van der Waals surface area contributed by atoms with Crippen LogP contribution in [0.25, 0.3) is 22.2 Å². The summed E-state index contributed by atoms with van der Waals surface area (Å²) in [4.78, 5) is 31.3. The van der Waals surface area contributed by atoms with E-state index >= 15 is 0 Å². The van der Waals surface area contributed by atoms with Gasteiger partial charge in [0.1, 0.15) is 11.3 Å². The number of pyridine rings is 2. The zero-order valence-electron chi connectivity index (χ0n) is 21.1. The van der Waals surface area contributed by atoms with Crippen molar-refractivity contribution in [1.29, 1.82) is 0 Å². The van der Waals surface area contributed by atoms with Crippen LogP contribution in [0, 0.1) is 6.92 Å². The zero-order valence-corrected chi connectivity index (χ0v) is 21.1. The third kappa shape index (κ3) is 4.69. The monoisotopic (exact) mass is 468 g/mol. The van der Waals surface area contributed by atoms with E-state index in [0.717, 1.165) is 33.3 Å². The molecule has 0 saturated heterocycles. The topological polar surface area (TPSA) is 76.0 Å². The van der Waals surface area contributed by atoms with Crippen molar-refractivity contribution >= 4 is 28.4 Å². The lowest BCUT2D eigenvalue weighted by atomic mass is 9.93. The zero-order chi connectivity index (χ0) is 25.3. The van der Waals surface area contributed by atoms with E-state index < -0.39 is 6.03 Å². The molecular formula is C29H32N4O2. The molecule has 2 aromatic carbocycles. The minimum absolute atomic E-state index is 0.226. The number of carbonyl (C=O) groups is 1. The Morgan fingerprint density at radius 2 is 1.51 bits per heavy atom. The van der Waals surface area contributed by atoms with Crippen molar-refractivity contribution in [3.63, 3.8) is 0 Å². The molecule has 0 saturated carbocycles. The van der Waals surface area contributed by atoms with E-state index in [1.807, 2.05) is 61.5 Å². The first-order valence-electron chi connectivity index (χ1n) is 11.9. The fourth-order valence-electron chi connectivity index (χ4n) is 4.53. The number of aromatic nitrogens is 2. The molecule has 2 heterocycles. The average Bonchev–Trinajstić information content (AvgIpc) is 2.82. The van der Waals surface area contributed by atoms with Gasteiger partial charge in [0.25, 0.3) is 5.56 Å². The molecule has 6 nitrogen and oxygen atoms in total. The highest BCUT2D eigenvalue weighted by Crippen LogP contribution is 2.35. The van der Waals surface area contributed by atoms with Crippen molar-refractivity contribution in [3.05, 3.63) is 87.8 Å². The lowest BCUT2D eigenvalue weighted by molar-refractivity contribution is 0.262. The number of amides is 2. The van der Waals surface area contributed by atoms with E-state index in [4.69, 9.17) is 0 Å². The van der Waals surface area contributed by atoms with Crippen LogP contribution in [0.4, 0.5) is 16.2 Å². The Balaban J connectivity index is 1.85. The van der Waals surface area contributed by atoms with Gasteiger partial charge < -0.3 is 10.6 Å². The Labute approximate surface area is 206 Å². The van der Waals surface area contributed by atoms with Crippen molar-refractivity contribution in [2.45, 2.75) is 46.5 Å². The Kier molecular flexibility index (Phi) is 6.74. The summed E-state index contributed by atoms with van der Waals surface area (Å²) in [5.74, 6) is 0.456. The smallest absolute Gasteiger partial charge is 0.307 e. The van der Waals surface area contributed by atoms with Gasteiger partial charge in [0.2, 0.25) is 0 Å². The quantitative estimate of drug-likeness (QED) is 0.338. The highest BCUT2D eigenvalue weighted by molar-refractivity contribution is 6.07. The number of benzene rings is 2. The van der Waals surface area contributed by atoms with E-state index in [-0.39, 0.29) is 23.1 Å². The number of para-hydroxylation sites is 1. The van der Waals surface area contributed by atoms with Crippen LogP contribution < -0.4 is 16.2 Å². The molecule has 35 heavy (non-hydrogen) atoms. The minimum Gasteiger partial charge on any atom is -0.307 e. The second kappa shape index (κ2) is 9.74. The molecular weight excluding hydrogens is 436 g/mol. The highest BCUT2D eigenvalue weighted by Gasteiger charge is 2.21. The van der Waals surface area contributed by atoms with Crippen LogP contribution in [-0.2, 0) is 7.05 Å². The van der Waals surface area contributed by atoms with Crippen molar-refractivity contribution < 1.29 is 4.79 Å². The van der Waals surface area contributed by atoms with Gasteiger partial charge in [0.05, 0.1) is 0 Å². The summed E-state index contributed by atoms with van der Waals surface area (Å²) in [6, 6.07) is 17.3. The second-order valence-corrected chi connectivity index (χ2v) is 9.56. The summed E-state index contributed by atoms with van der Waals surface area (Å²) in [5.41, 5.74) is 5.95. The van der Waals surface area contributed by atoms with E-state index in [1.54, 1.807) is 13.2 Å². The molecule has 180 valence electrons. The number of fused-ring (bicyclic) bond motifs is 1. The predicted molar refractivity (Wildman–Crippen MR) is 144 cm³/mol. The van der Waals surface area contributed by atoms with Gasteiger partial charge in [0, 0.05) is 29.9 Å². The number of aryl methyl sites for hydroxylation is 2. The number of hydrogen-bond donors (Lipinski definition) is 2. The van der Waals surface area contributed by atoms with Gasteiger partial charge in [-0.05, 0) is 47.6 Å². The molecule has 0 spiro atoms. The van der Waals surface area contributed by atoms with Crippen LogP contribution in [0.1, 0.15) is 56.2 Å². The van der Waals surface area contributed by atoms with Crippen LogP contribution in [0.5, 0.6) is 0 Å². The molecule has 0 fully saturated rings. The van der Waals surface area contributed by atoms with Gasteiger partial charge in [-0.25, -0.2) is 9.78 Å². The van der Waals surface area contributed by atoms with E-state index in [1.165, 1.54) is 4.57 Å². The third-order valence-corrected chi connectivity index (χ3v) is 6.30. The van der Waals surface area contributed by atoms with Crippen LogP contribution in [0.15, 0.2) is 65.6 Å². The second-order valence-electron chi connectivity index (χ2n) is 9.56. The van der Waals surface area contributed by atoms with Crippen LogP contribution in [0.3, 0.4) is 0 Å². The number of rotatable bonds is 5. The lowest BCUT2D eigenvalue weighted by Crippen LogP contribution is -2.29. The summed E-state index contributed by atoms with van der Waals surface area (Å²) in [6.07, 6.45) is 1.66. The summed E-state index contributed by atoms with van der Waals surface area (Å²) < 4.78 is 1.48. The molecule has 0 aliphatic carbocycles. The maximum Gasteiger partial charge on any atom is 0.323 e. The van der Waals surface area contributed by atoms with Gasteiger partial charge in [-0.15, -0.1) is 0 Å². The molecule has 0 bridgehead atoms. The first-order chi connectivity index (χ1) is 16.7. The summed E-state index contributed by atoms with van der Waals surface area (Å²) >= 11 is 0. The maximum absolute atomic E-state index is 13.5. The largest absolute Gasteiger partial charge is 0.323 e. The molecule has 0 unspecified atom stereocenters. The highest BCUT2D eigenvalue weighted by atomic mass is 16.2. The predicted octanol–water partition coefficient (Wildman–Crippen LogP) is 6.80. The molecule has 0 aliphatic rings. The van der Waals surface area contributed by atoms with Crippen LogP contribution in [0.2, 0.25) is 0 Å². The molecule has 4 aromatic rings. The van der Waals surface area contributed by atoms with Gasteiger partial charge >= 0.3 is 6.03 Å². The van der Waals surface area contributed by atoms with E-state index in [2.05, 4.69) is 43.3 Å². The van der Waals surface area contributed by atoms with Crippen LogP contribution >= 0.6 is 0 Å². The maximum atomic E-state index is 13.5. The van der Waals surface area contributed by atoms with E-state index in [9.17, 15) is 9.59 Å². The molecule has 0 radical (unpaired) electrons. The Morgan fingerprint density at radius 1 is 0.886 bits per heavy atom. The first-order valence-corrected chi connectivity index (χ1v) is 11.9. The molecule has 0 aliphatic heterocycles. The third-order valence-electron chi connectivity index (χ3n) is 6.30. The van der Waals surface area contributed by atoms with Gasteiger partial charge in [-0.3, -0.25) is 9.36 Å². The Bertz CT molecular complexity index is 1440. The molecule has 6 heteroatoms. The van der Waals surface area contributed by atoms with Crippen LogP contribution in [-0.4, -0.2) is 15.6 Å². The number of nitrogens with zero attached hydrogens (tertiary/aromatic N) is 2. The number of carbonyl (C=O) groups excluding carboxylic acids is 1. The Morgan fingerprint density at radius 3 is 2.14 bits per heavy atom. The van der Waals surface area contributed by atoms with Crippen molar-refractivity contribution in [3.8, 4) is 11.1 Å². The van der Waals surface area contributed by atoms with E-state index in [0.29, 0.717) is 11.2 Å². The standard InChI is InChI=1S/C29H32N4O2/c1-17(2)21-12-8-13-22(18(3)4)25(21)31-29(35)32-26-24(20-11-7-10-19(5)16-20)23-14-9-15-30-27(23)33(6)28(26)34/h7-18H,1-6H3,(H2,31,32,35).